The molecule has 2 rings (SSSR count). The molecule has 1 unspecified atom stereocenters. The fourth-order valence-electron chi connectivity index (χ4n) is 2.50. The average Bonchev–Trinajstić information content (AvgIpc) is 2.39. The molecule has 3 nitrogen and oxygen atoms in total. The number of nitrogens with zero attached hydrogens (tertiary/aromatic N) is 1. The van der Waals surface area contributed by atoms with Crippen LogP contribution in [-0.4, -0.2) is 28.7 Å². The van der Waals surface area contributed by atoms with Crippen molar-refractivity contribution >= 4 is 21.6 Å². The lowest BCUT2D eigenvalue weighted by Gasteiger charge is -2.22. The van der Waals surface area contributed by atoms with Crippen LogP contribution in [0.5, 0.6) is 0 Å². The highest BCUT2D eigenvalue weighted by atomic mass is 79.9. The lowest BCUT2D eigenvalue weighted by atomic mass is 9.98. The molecule has 1 saturated heterocycles. The van der Waals surface area contributed by atoms with Crippen molar-refractivity contribution < 1.29 is 5.11 Å². The van der Waals surface area contributed by atoms with Crippen molar-refractivity contribution in [1.82, 2.24) is 4.90 Å². The van der Waals surface area contributed by atoms with E-state index < -0.39 is 5.60 Å². The van der Waals surface area contributed by atoms with Gasteiger partial charge in [-0.1, -0.05) is 15.9 Å². The highest BCUT2D eigenvalue weighted by molar-refractivity contribution is 9.10. The van der Waals surface area contributed by atoms with Crippen LogP contribution in [0, 0.1) is 0 Å². The molecule has 0 spiro atoms. The molecule has 100 valence electrons. The van der Waals surface area contributed by atoms with Crippen LogP contribution >= 0.6 is 15.9 Å². The number of anilines is 1. The van der Waals surface area contributed by atoms with E-state index in [1.165, 1.54) is 5.56 Å². The number of likely N-dealkylation sites (tertiary alicyclic amines) is 1. The molecule has 0 aromatic heterocycles. The van der Waals surface area contributed by atoms with Gasteiger partial charge in [0.15, 0.2) is 0 Å². The second-order valence-electron chi connectivity index (χ2n) is 5.52. The third-order valence-corrected chi connectivity index (χ3v) is 4.00. The monoisotopic (exact) mass is 312 g/mol. The number of benzene rings is 1. The molecule has 1 heterocycles. The third-order valence-electron chi connectivity index (χ3n) is 3.54. The van der Waals surface area contributed by atoms with Gasteiger partial charge < -0.3 is 10.8 Å². The molecule has 18 heavy (non-hydrogen) atoms. The highest BCUT2D eigenvalue weighted by Gasteiger charge is 2.24. The van der Waals surface area contributed by atoms with Crippen LogP contribution in [0.4, 0.5) is 5.69 Å². The van der Waals surface area contributed by atoms with Crippen LogP contribution in [-0.2, 0) is 6.54 Å². The van der Waals surface area contributed by atoms with E-state index >= 15 is 0 Å². The topological polar surface area (TPSA) is 49.5 Å². The number of nitrogens with two attached hydrogens (primary N) is 1. The molecule has 1 fully saturated rings. The molecule has 1 aromatic rings. The van der Waals surface area contributed by atoms with E-state index in [9.17, 15) is 5.11 Å². The van der Waals surface area contributed by atoms with Crippen molar-refractivity contribution in [2.75, 3.05) is 18.8 Å². The third kappa shape index (κ3) is 3.97. The number of hydrogen-bond donors (Lipinski definition) is 2. The minimum atomic E-state index is -0.495. The van der Waals surface area contributed by atoms with Crippen LogP contribution in [0.3, 0.4) is 0 Å². The maximum Gasteiger partial charge on any atom is 0.0632 e. The zero-order valence-corrected chi connectivity index (χ0v) is 12.4. The second-order valence-corrected chi connectivity index (χ2v) is 6.44. The molecule has 3 N–H and O–H groups in total. The standard InChI is InChI=1S/C14H21BrN2O/c1-14(18)3-2-5-17(6-4-14)10-11-7-12(15)9-13(16)8-11/h7-9,18H,2-6,10,16H2,1H3. The summed E-state index contributed by atoms with van der Waals surface area (Å²) in [6.45, 7) is 4.83. The molecule has 1 aromatic carbocycles. The highest BCUT2D eigenvalue weighted by Crippen LogP contribution is 2.24. The number of aliphatic hydroxyl groups is 1. The second kappa shape index (κ2) is 5.59. The first-order chi connectivity index (χ1) is 8.44. The first-order valence-electron chi connectivity index (χ1n) is 6.44. The zero-order chi connectivity index (χ0) is 13.2. The number of nitrogen functional groups attached to an aromatic ring is 1. The van der Waals surface area contributed by atoms with E-state index in [1.54, 1.807) is 0 Å². The van der Waals surface area contributed by atoms with Crippen LogP contribution in [0.1, 0.15) is 31.7 Å². The minimum Gasteiger partial charge on any atom is -0.399 e. The van der Waals surface area contributed by atoms with Gasteiger partial charge >= 0.3 is 0 Å². The van der Waals surface area contributed by atoms with Gasteiger partial charge in [-0.2, -0.15) is 0 Å². The molecule has 0 radical (unpaired) electrons. The summed E-state index contributed by atoms with van der Waals surface area (Å²) in [7, 11) is 0. The Morgan fingerprint density at radius 2 is 2.11 bits per heavy atom. The van der Waals surface area contributed by atoms with E-state index in [0.717, 1.165) is 49.1 Å². The van der Waals surface area contributed by atoms with E-state index in [4.69, 9.17) is 5.73 Å². The fourth-order valence-corrected chi connectivity index (χ4v) is 3.06. The maximum absolute atomic E-state index is 10.1. The molecule has 4 heteroatoms. The summed E-state index contributed by atoms with van der Waals surface area (Å²) >= 11 is 3.47. The van der Waals surface area contributed by atoms with E-state index in [1.807, 2.05) is 19.1 Å². The Morgan fingerprint density at radius 1 is 1.33 bits per heavy atom. The van der Waals surface area contributed by atoms with Gasteiger partial charge in [0.2, 0.25) is 0 Å². The van der Waals surface area contributed by atoms with Crippen molar-refractivity contribution in [2.45, 2.75) is 38.3 Å². The van der Waals surface area contributed by atoms with Gasteiger partial charge in [-0.15, -0.1) is 0 Å². The van der Waals surface area contributed by atoms with E-state index in [-0.39, 0.29) is 0 Å². The van der Waals surface area contributed by atoms with Crippen molar-refractivity contribution in [3.63, 3.8) is 0 Å². The summed E-state index contributed by atoms with van der Waals surface area (Å²) < 4.78 is 1.03. The van der Waals surface area contributed by atoms with Crippen molar-refractivity contribution in [3.05, 3.63) is 28.2 Å². The Morgan fingerprint density at radius 3 is 2.83 bits per heavy atom. The predicted molar refractivity (Wildman–Crippen MR) is 78.3 cm³/mol. The molecule has 0 saturated carbocycles. The molecule has 1 atom stereocenters. The smallest absolute Gasteiger partial charge is 0.0632 e. The normalized spacial score (nSPS) is 25.9. The summed E-state index contributed by atoms with van der Waals surface area (Å²) in [5.74, 6) is 0. The van der Waals surface area contributed by atoms with Gasteiger partial charge in [-0.3, -0.25) is 4.90 Å². The number of halogens is 1. The summed E-state index contributed by atoms with van der Waals surface area (Å²) in [4.78, 5) is 2.39. The average molecular weight is 313 g/mol. The van der Waals surface area contributed by atoms with Gasteiger partial charge in [0.05, 0.1) is 5.60 Å². The Balaban J connectivity index is 2.00. The quantitative estimate of drug-likeness (QED) is 0.826. The largest absolute Gasteiger partial charge is 0.399 e. The van der Waals surface area contributed by atoms with Crippen LogP contribution in [0.15, 0.2) is 22.7 Å². The first-order valence-corrected chi connectivity index (χ1v) is 7.24. The molecule has 0 aliphatic carbocycles. The van der Waals surface area contributed by atoms with Gasteiger partial charge in [0.25, 0.3) is 0 Å². The summed E-state index contributed by atoms with van der Waals surface area (Å²) in [6, 6.07) is 6.05. The Hall–Kier alpha value is -0.580. The molecule has 0 bridgehead atoms. The lowest BCUT2D eigenvalue weighted by molar-refractivity contribution is 0.0444. The Kier molecular flexibility index (Phi) is 4.30. The molecular formula is C14H21BrN2O. The van der Waals surface area contributed by atoms with E-state index in [2.05, 4.69) is 26.9 Å². The van der Waals surface area contributed by atoms with Crippen LogP contribution in [0.2, 0.25) is 0 Å². The Labute approximate surface area is 117 Å². The zero-order valence-electron chi connectivity index (χ0n) is 10.8. The fraction of sp³-hybridized carbons (Fsp3) is 0.571. The van der Waals surface area contributed by atoms with Crippen LogP contribution in [0.25, 0.3) is 0 Å². The number of rotatable bonds is 2. The van der Waals surface area contributed by atoms with Gasteiger partial charge in [-0.05, 0) is 56.5 Å². The molecule has 1 aliphatic rings. The minimum absolute atomic E-state index is 0.495. The molecule has 0 amide bonds. The SMILES string of the molecule is CC1(O)CCCN(Cc2cc(N)cc(Br)c2)CC1. The van der Waals surface area contributed by atoms with E-state index in [0.29, 0.717) is 0 Å². The predicted octanol–water partition coefficient (Wildman–Crippen LogP) is 2.77. The van der Waals surface area contributed by atoms with Crippen LogP contribution < -0.4 is 5.73 Å². The molecular weight excluding hydrogens is 292 g/mol. The first kappa shape index (κ1) is 13.8. The number of hydrogen-bond acceptors (Lipinski definition) is 3. The van der Waals surface area contributed by atoms with Gasteiger partial charge in [0, 0.05) is 23.2 Å². The Bertz CT molecular complexity index is 400. The summed E-state index contributed by atoms with van der Waals surface area (Å²) in [5.41, 5.74) is 7.37. The molecule has 1 aliphatic heterocycles. The van der Waals surface area contributed by atoms with Crippen molar-refractivity contribution in [2.24, 2.45) is 0 Å². The summed E-state index contributed by atoms with van der Waals surface area (Å²) in [6.07, 6.45) is 2.79. The summed E-state index contributed by atoms with van der Waals surface area (Å²) in [5, 5.41) is 10.1. The van der Waals surface area contributed by atoms with Gasteiger partial charge in [-0.25, -0.2) is 0 Å². The van der Waals surface area contributed by atoms with Crippen molar-refractivity contribution in [1.29, 1.82) is 0 Å². The van der Waals surface area contributed by atoms with Crippen molar-refractivity contribution in [3.8, 4) is 0 Å². The lowest BCUT2D eigenvalue weighted by Crippen LogP contribution is -2.28. The maximum atomic E-state index is 10.1. The van der Waals surface area contributed by atoms with Gasteiger partial charge in [0.1, 0.15) is 0 Å².